The Morgan fingerprint density at radius 3 is 3.13 bits per heavy atom. The Hall–Kier alpha value is -0.590. The van der Waals surface area contributed by atoms with E-state index < -0.39 is 0 Å². The van der Waals surface area contributed by atoms with Crippen molar-refractivity contribution in [1.82, 2.24) is 10.2 Å². The smallest absolute Gasteiger partial charge is 0.109 e. The van der Waals surface area contributed by atoms with Gasteiger partial charge in [-0.05, 0) is 45.2 Å². The number of nitriles is 1. The number of hydrogen-bond acceptors (Lipinski definition) is 3. The van der Waals surface area contributed by atoms with Crippen molar-refractivity contribution in [3.8, 4) is 6.07 Å². The van der Waals surface area contributed by atoms with Crippen molar-refractivity contribution in [1.29, 1.82) is 5.26 Å². The molecule has 2 unspecified atom stereocenters. The first-order valence-electron chi connectivity index (χ1n) is 6.20. The van der Waals surface area contributed by atoms with Gasteiger partial charge in [0.1, 0.15) is 5.54 Å². The molecule has 1 N–H and O–H groups in total. The van der Waals surface area contributed by atoms with Crippen molar-refractivity contribution in [3.05, 3.63) is 0 Å². The topological polar surface area (TPSA) is 39.1 Å². The van der Waals surface area contributed by atoms with Crippen LogP contribution in [0.1, 0.15) is 39.0 Å². The summed E-state index contributed by atoms with van der Waals surface area (Å²) < 4.78 is 0. The molecule has 0 aromatic carbocycles. The van der Waals surface area contributed by atoms with Crippen LogP contribution in [-0.2, 0) is 0 Å². The molecule has 0 saturated carbocycles. The predicted molar refractivity (Wildman–Crippen MR) is 60.5 cm³/mol. The summed E-state index contributed by atoms with van der Waals surface area (Å²) in [6.07, 6.45) is 5.75. The van der Waals surface area contributed by atoms with Gasteiger partial charge in [-0.3, -0.25) is 5.32 Å². The molecule has 2 atom stereocenters. The van der Waals surface area contributed by atoms with Gasteiger partial charge in [0.05, 0.1) is 6.07 Å². The lowest BCUT2D eigenvalue weighted by molar-refractivity contribution is 0.137. The summed E-state index contributed by atoms with van der Waals surface area (Å²) in [6.45, 7) is 5.48. The Morgan fingerprint density at radius 2 is 2.40 bits per heavy atom. The molecule has 0 radical (unpaired) electrons. The van der Waals surface area contributed by atoms with E-state index in [1.54, 1.807) is 0 Å². The summed E-state index contributed by atoms with van der Waals surface area (Å²) >= 11 is 0. The molecule has 2 rings (SSSR count). The van der Waals surface area contributed by atoms with Gasteiger partial charge >= 0.3 is 0 Å². The zero-order valence-corrected chi connectivity index (χ0v) is 9.63. The molecular formula is C12H21N3. The third-order valence-corrected chi connectivity index (χ3v) is 3.84. The Balaban J connectivity index is 1.99. The number of nitrogens with zero attached hydrogens (tertiary/aromatic N) is 2. The third kappa shape index (κ3) is 2.16. The van der Waals surface area contributed by atoms with Crippen molar-refractivity contribution in [3.63, 3.8) is 0 Å². The molecular weight excluding hydrogens is 186 g/mol. The molecule has 2 aliphatic heterocycles. The predicted octanol–water partition coefficient (Wildman–Crippen LogP) is 1.51. The number of nitrogens with one attached hydrogen (secondary N) is 1. The molecule has 0 spiro atoms. The van der Waals surface area contributed by atoms with Crippen molar-refractivity contribution in [2.45, 2.75) is 50.6 Å². The minimum atomic E-state index is -0.221. The monoisotopic (exact) mass is 207 g/mol. The van der Waals surface area contributed by atoms with E-state index in [9.17, 15) is 5.26 Å². The fourth-order valence-corrected chi connectivity index (χ4v) is 2.93. The summed E-state index contributed by atoms with van der Waals surface area (Å²) in [5, 5.41) is 12.8. The standard InChI is InChI=1S/C12H21N3/c1-2-6-14-12(10-13)5-8-15-7-3-4-11(15)9-12/h11,14H,2-9H2,1H3. The fraction of sp³-hybridized carbons (Fsp3) is 0.917. The summed E-state index contributed by atoms with van der Waals surface area (Å²) in [6, 6.07) is 3.20. The quantitative estimate of drug-likeness (QED) is 0.762. The number of piperidine rings is 1. The maximum absolute atomic E-state index is 9.36. The van der Waals surface area contributed by atoms with Crippen LogP contribution in [0.15, 0.2) is 0 Å². The molecule has 0 aromatic rings. The minimum absolute atomic E-state index is 0.221. The van der Waals surface area contributed by atoms with Crippen LogP contribution in [0.2, 0.25) is 0 Å². The maximum atomic E-state index is 9.36. The summed E-state index contributed by atoms with van der Waals surface area (Å²) in [4.78, 5) is 2.56. The molecule has 15 heavy (non-hydrogen) atoms. The van der Waals surface area contributed by atoms with Crippen LogP contribution in [0.4, 0.5) is 0 Å². The largest absolute Gasteiger partial charge is 0.300 e. The average molecular weight is 207 g/mol. The average Bonchev–Trinajstić information content (AvgIpc) is 2.73. The van der Waals surface area contributed by atoms with Crippen LogP contribution in [-0.4, -0.2) is 36.1 Å². The molecule has 2 heterocycles. The van der Waals surface area contributed by atoms with E-state index in [1.807, 2.05) is 0 Å². The Labute approximate surface area is 92.4 Å². The molecule has 3 heteroatoms. The summed E-state index contributed by atoms with van der Waals surface area (Å²) in [7, 11) is 0. The second-order valence-electron chi connectivity index (χ2n) is 4.91. The van der Waals surface area contributed by atoms with E-state index in [2.05, 4.69) is 23.2 Å². The highest BCUT2D eigenvalue weighted by molar-refractivity contribution is 5.12. The lowest BCUT2D eigenvalue weighted by Gasteiger charge is -2.40. The number of fused-ring (bicyclic) bond motifs is 1. The van der Waals surface area contributed by atoms with Crippen molar-refractivity contribution in [2.75, 3.05) is 19.6 Å². The Kier molecular flexibility index (Phi) is 3.28. The summed E-state index contributed by atoms with van der Waals surface area (Å²) in [5.41, 5.74) is -0.221. The highest BCUT2D eigenvalue weighted by Crippen LogP contribution is 2.32. The molecule has 0 bridgehead atoms. The first-order chi connectivity index (χ1) is 7.29. The van der Waals surface area contributed by atoms with E-state index in [4.69, 9.17) is 0 Å². The van der Waals surface area contributed by atoms with E-state index in [1.165, 1.54) is 19.4 Å². The first-order valence-corrected chi connectivity index (χ1v) is 6.20. The van der Waals surface area contributed by atoms with Gasteiger partial charge in [0, 0.05) is 12.6 Å². The molecule has 0 aromatic heterocycles. The maximum Gasteiger partial charge on any atom is 0.109 e. The second kappa shape index (κ2) is 4.51. The van der Waals surface area contributed by atoms with E-state index in [0.29, 0.717) is 6.04 Å². The number of rotatable bonds is 3. The van der Waals surface area contributed by atoms with Gasteiger partial charge in [-0.25, -0.2) is 0 Å². The zero-order chi connectivity index (χ0) is 10.7. The van der Waals surface area contributed by atoms with Crippen LogP contribution in [0.5, 0.6) is 0 Å². The fourth-order valence-electron chi connectivity index (χ4n) is 2.93. The Bertz CT molecular complexity index is 258. The normalized spacial score (nSPS) is 36.1. The van der Waals surface area contributed by atoms with Crippen LogP contribution in [0, 0.1) is 11.3 Å². The van der Waals surface area contributed by atoms with E-state index >= 15 is 0 Å². The van der Waals surface area contributed by atoms with Gasteiger partial charge in [0.2, 0.25) is 0 Å². The first kappa shape index (κ1) is 10.9. The highest BCUT2D eigenvalue weighted by atomic mass is 15.2. The van der Waals surface area contributed by atoms with Crippen LogP contribution < -0.4 is 5.32 Å². The third-order valence-electron chi connectivity index (χ3n) is 3.84. The molecule has 3 nitrogen and oxygen atoms in total. The van der Waals surface area contributed by atoms with Crippen molar-refractivity contribution in [2.24, 2.45) is 0 Å². The lowest BCUT2D eigenvalue weighted by Crippen LogP contribution is -2.54. The zero-order valence-electron chi connectivity index (χ0n) is 9.63. The van der Waals surface area contributed by atoms with Gasteiger partial charge in [0.15, 0.2) is 0 Å². The molecule has 0 amide bonds. The van der Waals surface area contributed by atoms with Crippen LogP contribution in [0.25, 0.3) is 0 Å². The summed E-state index contributed by atoms with van der Waals surface area (Å²) in [5.74, 6) is 0. The SMILES string of the molecule is CCCNC1(C#N)CCN2CCCC2C1. The van der Waals surface area contributed by atoms with Crippen molar-refractivity contribution >= 4 is 0 Å². The van der Waals surface area contributed by atoms with Gasteiger partial charge in [-0.2, -0.15) is 5.26 Å². The minimum Gasteiger partial charge on any atom is -0.300 e. The van der Waals surface area contributed by atoms with Crippen LogP contribution in [0.3, 0.4) is 0 Å². The molecule has 0 aliphatic carbocycles. The van der Waals surface area contributed by atoms with Gasteiger partial charge in [-0.15, -0.1) is 0 Å². The molecule has 84 valence electrons. The molecule has 2 aliphatic rings. The number of hydrogen-bond donors (Lipinski definition) is 1. The van der Waals surface area contributed by atoms with Crippen molar-refractivity contribution < 1.29 is 0 Å². The molecule has 2 fully saturated rings. The Morgan fingerprint density at radius 1 is 1.53 bits per heavy atom. The second-order valence-corrected chi connectivity index (χ2v) is 4.91. The van der Waals surface area contributed by atoms with Gasteiger partial charge in [0.25, 0.3) is 0 Å². The van der Waals surface area contributed by atoms with E-state index in [-0.39, 0.29) is 5.54 Å². The van der Waals surface area contributed by atoms with Crippen LogP contribution >= 0.6 is 0 Å². The van der Waals surface area contributed by atoms with Gasteiger partial charge < -0.3 is 4.90 Å². The highest BCUT2D eigenvalue weighted by Gasteiger charge is 2.41. The van der Waals surface area contributed by atoms with E-state index in [0.717, 1.165) is 32.4 Å². The lowest BCUT2D eigenvalue weighted by atomic mass is 9.84. The molecule has 2 saturated heterocycles. The van der Waals surface area contributed by atoms with Gasteiger partial charge in [-0.1, -0.05) is 6.92 Å².